The van der Waals surface area contributed by atoms with Crippen LogP contribution in [0.5, 0.6) is 0 Å². The molecule has 0 unspecified atom stereocenters. The van der Waals surface area contributed by atoms with Gasteiger partial charge >= 0.3 is 0 Å². The van der Waals surface area contributed by atoms with Crippen LogP contribution in [-0.4, -0.2) is 0 Å². The molecule has 9 aromatic carbocycles. The molecule has 0 amide bonds. The van der Waals surface area contributed by atoms with Crippen LogP contribution >= 0.6 is 0 Å². The zero-order chi connectivity index (χ0) is 42.8. The average Bonchev–Trinajstić information content (AvgIpc) is 3.73. The molecule has 0 aliphatic carbocycles. The summed E-state index contributed by atoms with van der Waals surface area (Å²) < 4.78 is 81.3. The van der Waals surface area contributed by atoms with Crippen LogP contribution in [0, 0.1) is 0 Å². The number of nitrogens with zero attached hydrogens (tertiary/aromatic N) is 1. The number of fused-ring (bicyclic) bond motifs is 5. The molecule has 0 bridgehead atoms. The molecule has 0 aliphatic rings. The van der Waals surface area contributed by atoms with Crippen molar-refractivity contribution in [1.29, 1.82) is 0 Å². The Balaban J connectivity index is 1.20. The van der Waals surface area contributed by atoms with Crippen molar-refractivity contribution in [2.24, 2.45) is 0 Å². The van der Waals surface area contributed by atoms with Gasteiger partial charge in [0.05, 0.1) is 11.0 Å². The van der Waals surface area contributed by atoms with E-state index in [-0.39, 0.29) is 80.2 Å². The van der Waals surface area contributed by atoms with Gasteiger partial charge in [-0.1, -0.05) is 158 Å². The van der Waals surface area contributed by atoms with Gasteiger partial charge in [0.15, 0.2) is 0 Å². The van der Waals surface area contributed by atoms with Crippen molar-refractivity contribution >= 4 is 49.8 Å². The van der Waals surface area contributed by atoms with Crippen molar-refractivity contribution in [3.05, 3.63) is 212 Å². The third-order valence-corrected chi connectivity index (χ3v) is 9.78. The first-order valence-corrected chi connectivity index (χ1v) is 17.8. The van der Waals surface area contributed by atoms with E-state index in [4.69, 9.17) is 9.90 Å². The number of anilines is 3. The Morgan fingerprint density at radius 1 is 0.333 bits per heavy atom. The lowest BCUT2D eigenvalue weighted by Gasteiger charge is -2.26. The molecule has 1 aromatic heterocycles. The van der Waals surface area contributed by atoms with Crippen LogP contribution in [0.15, 0.2) is 217 Å². The standard InChI is InChI=1S/C52H35NO/c1-4-10-36(11-5-1)39-16-18-42(19-17-39)44-21-20-43-26-33-50-52(49(43)34-44)48-32-31-47(35-51(48)54-50)53(45-27-22-40(23-28-45)37-12-6-2-7-13-37)46-29-24-41(25-30-46)38-14-8-3-9-15-38/h1-35H/i20D,21D,26D,31D,32D,33D,34D,35D. The van der Waals surface area contributed by atoms with Crippen molar-refractivity contribution in [2.75, 3.05) is 4.90 Å². The summed E-state index contributed by atoms with van der Waals surface area (Å²) >= 11 is 0. The van der Waals surface area contributed by atoms with Crippen LogP contribution in [0.25, 0.3) is 77.2 Å². The van der Waals surface area contributed by atoms with Crippen LogP contribution in [0.3, 0.4) is 0 Å². The monoisotopic (exact) mass is 697 g/mol. The molecule has 0 N–H and O–H groups in total. The summed E-state index contributed by atoms with van der Waals surface area (Å²) in [6.07, 6.45) is 0. The van der Waals surface area contributed by atoms with E-state index in [0.717, 1.165) is 33.4 Å². The Hall–Kier alpha value is -7.16. The molecule has 0 radical (unpaired) electrons. The van der Waals surface area contributed by atoms with Crippen LogP contribution in [-0.2, 0) is 0 Å². The van der Waals surface area contributed by atoms with Crippen molar-refractivity contribution in [2.45, 2.75) is 0 Å². The van der Waals surface area contributed by atoms with E-state index in [0.29, 0.717) is 16.9 Å². The third kappa shape index (κ3) is 5.81. The van der Waals surface area contributed by atoms with Crippen molar-refractivity contribution < 1.29 is 15.4 Å². The van der Waals surface area contributed by atoms with E-state index in [1.807, 2.05) is 152 Å². The van der Waals surface area contributed by atoms with Crippen LogP contribution in [0.4, 0.5) is 17.1 Å². The fourth-order valence-corrected chi connectivity index (χ4v) is 7.02. The minimum Gasteiger partial charge on any atom is -0.456 e. The second-order valence-electron chi connectivity index (χ2n) is 13.1. The summed E-state index contributed by atoms with van der Waals surface area (Å²) in [5, 5.41) is 0.103. The molecule has 10 aromatic rings. The first-order chi connectivity index (χ1) is 30.1. The number of furan rings is 1. The summed E-state index contributed by atoms with van der Waals surface area (Å²) in [5.74, 6) is 0. The number of hydrogen-bond acceptors (Lipinski definition) is 2. The van der Waals surface area contributed by atoms with Crippen molar-refractivity contribution in [3.8, 4) is 44.5 Å². The minimum atomic E-state index is -0.396. The van der Waals surface area contributed by atoms with Crippen molar-refractivity contribution in [1.82, 2.24) is 0 Å². The van der Waals surface area contributed by atoms with Gasteiger partial charge in [-0.05, 0) is 104 Å². The molecule has 254 valence electrons. The highest BCUT2D eigenvalue weighted by atomic mass is 16.3. The molecular formula is C52H35NO. The summed E-state index contributed by atoms with van der Waals surface area (Å²) in [6, 6.07) is 50.2. The Kier molecular flexibility index (Phi) is 6.01. The molecule has 0 aliphatic heterocycles. The van der Waals surface area contributed by atoms with Gasteiger partial charge in [0.2, 0.25) is 0 Å². The zero-order valence-electron chi connectivity index (χ0n) is 36.9. The summed E-state index contributed by atoms with van der Waals surface area (Å²) in [7, 11) is 0. The first kappa shape index (κ1) is 24.2. The SMILES string of the molecule is [2H]c1c(-c2ccc(-c3ccccc3)cc2)c([2H])c2c(c1[2H])c([2H])c([2H])c1oc3c([2H])c(N(c4ccc(-c5ccccc5)cc4)c4ccc(-c5ccccc5)cc4)c([2H])c([2H])c3c12. The Bertz CT molecular complexity index is 3250. The first-order valence-electron chi connectivity index (χ1n) is 21.8. The van der Waals surface area contributed by atoms with Crippen LogP contribution in [0.2, 0.25) is 0 Å². The molecule has 54 heavy (non-hydrogen) atoms. The lowest BCUT2D eigenvalue weighted by atomic mass is 9.96. The van der Waals surface area contributed by atoms with E-state index in [9.17, 15) is 5.48 Å². The zero-order valence-corrected chi connectivity index (χ0v) is 28.9. The van der Waals surface area contributed by atoms with Gasteiger partial charge in [-0.25, -0.2) is 0 Å². The molecule has 0 spiro atoms. The summed E-state index contributed by atoms with van der Waals surface area (Å²) in [5.41, 5.74) is 7.72. The second-order valence-corrected chi connectivity index (χ2v) is 13.1. The van der Waals surface area contributed by atoms with Gasteiger partial charge in [-0.15, -0.1) is 0 Å². The lowest BCUT2D eigenvalue weighted by molar-refractivity contribution is 0.669. The largest absolute Gasteiger partial charge is 0.456 e. The summed E-state index contributed by atoms with van der Waals surface area (Å²) in [6.45, 7) is 0. The summed E-state index contributed by atoms with van der Waals surface area (Å²) in [4.78, 5) is 1.76. The smallest absolute Gasteiger partial charge is 0.137 e. The van der Waals surface area contributed by atoms with Gasteiger partial charge in [0.1, 0.15) is 11.2 Å². The molecule has 10 rings (SSSR count). The third-order valence-electron chi connectivity index (χ3n) is 9.78. The van der Waals surface area contributed by atoms with E-state index in [2.05, 4.69) is 0 Å². The highest BCUT2D eigenvalue weighted by molar-refractivity contribution is 6.19. The fraction of sp³-hybridized carbons (Fsp3) is 0. The Morgan fingerprint density at radius 2 is 0.778 bits per heavy atom. The molecule has 1 heterocycles. The highest BCUT2D eigenvalue weighted by Gasteiger charge is 2.17. The average molecular weight is 698 g/mol. The van der Waals surface area contributed by atoms with E-state index >= 15 is 0 Å². The number of hydrogen-bond donors (Lipinski definition) is 0. The fourth-order valence-electron chi connectivity index (χ4n) is 7.02. The van der Waals surface area contributed by atoms with Gasteiger partial charge < -0.3 is 9.32 Å². The van der Waals surface area contributed by atoms with Gasteiger partial charge in [0.25, 0.3) is 0 Å². The molecule has 0 saturated heterocycles. The molecule has 0 atom stereocenters. The highest BCUT2D eigenvalue weighted by Crippen LogP contribution is 2.42. The van der Waals surface area contributed by atoms with E-state index in [1.54, 1.807) is 17.0 Å². The van der Waals surface area contributed by atoms with Gasteiger partial charge in [-0.3, -0.25) is 0 Å². The number of rotatable bonds is 7. The molecule has 2 nitrogen and oxygen atoms in total. The lowest BCUT2D eigenvalue weighted by Crippen LogP contribution is -2.09. The molecule has 2 heteroatoms. The Labute approximate surface area is 326 Å². The van der Waals surface area contributed by atoms with E-state index < -0.39 is 12.1 Å². The maximum absolute atomic E-state index is 9.76. The topological polar surface area (TPSA) is 16.4 Å². The minimum absolute atomic E-state index is 0.0343. The van der Waals surface area contributed by atoms with Crippen LogP contribution in [0.1, 0.15) is 11.0 Å². The van der Waals surface area contributed by atoms with Crippen LogP contribution < -0.4 is 4.90 Å². The normalized spacial score (nSPS) is 13.4. The Morgan fingerprint density at radius 3 is 1.30 bits per heavy atom. The quantitative estimate of drug-likeness (QED) is 0.165. The van der Waals surface area contributed by atoms with Gasteiger partial charge in [-0.2, -0.15) is 0 Å². The molecular weight excluding hydrogens is 655 g/mol. The predicted molar refractivity (Wildman–Crippen MR) is 228 cm³/mol. The van der Waals surface area contributed by atoms with E-state index in [1.165, 1.54) is 0 Å². The maximum Gasteiger partial charge on any atom is 0.137 e. The maximum atomic E-state index is 9.76. The van der Waals surface area contributed by atoms with Gasteiger partial charge in [0, 0.05) is 33.9 Å². The predicted octanol–water partition coefficient (Wildman–Crippen LogP) is 14.9. The molecule has 0 saturated carbocycles. The molecule has 0 fully saturated rings. The second kappa shape index (κ2) is 13.4. The number of benzene rings is 9. The van der Waals surface area contributed by atoms with Crippen molar-refractivity contribution in [3.63, 3.8) is 0 Å².